The Balaban J connectivity index is 0.00000300. The summed E-state index contributed by atoms with van der Waals surface area (Å²) in [6, 6.07) is 8.73. The number of piperidine rings is 1. The highest BCUT2D eigenvalue weighted by atomic mass is 127. The molecule has 160 valence electrons. The smallest absolute Gasteiger partial charge is 0.191 e. The molecule has 0 amide bonds. The van der Waals surface area contributed by atoms with Crippen molar-refractivity contribution in [3.63, 3.8) is 0 Å². The Morgan fingerprint density at radius 1 is 1.14 bits per heavy atom. The number of aliphatic imine (C=N–C) groups is 1. The van der Waals surface area contributed by atoms with Crippen molar-refractivity contribution in [3.05, 3.63) is 51.5 Å². The summed E-state index contributed by atoms with van der Waals surface area (Å²) in [5.74, 6) is 0.877. The van der Waals surface area contributed by atoms with Crippen LogP contribution in [0.5, 0.6) is 0 Å². The van der Waals surface area contributed by atoms with Crippen molar-refractivity contribution >= 4 is 41.3 Å². The highest BCUT2D eigenvalue weighted by molar-refractivity contribution is 14.0. The molecule has 1 aliphatic rings. The first-order chi connectivity index (χ1) is 13.7. The number of nitrogens with zero attached hydrogens (tertiary/aromatic N) is 3. The highest BCUT2D eigenvalue weighted by Gasteiger charge is 2.12. The Labute approximate surface area is 196 Å². The minimum atomic E-state index is 0. The van der Waals surface area contributed by atoms with Crippen molar-refractivity contribution < 1.29 is 0 Å². The van der Waals surface area contributed by atoms with E-state index in [9.17, 15) is 0 Å². The second kappa shape index (κ2) is 13.2. The maximum atomic E-state index is 4.83. The van der Waals surface area contributed by atoms with Gasteiger partial charge in [0.2, 0.25) is 0 Å². The summed E-state index contributed by atoms with van der Waals surface area (Å²) < 4.78 is 0. The molecule has 0 atom stereocenters. The average molecular weight is 528 g/mol. The minimum Gasteiger partial charge on any atom is -0.357 e. The van der Waals surface area contributed by atoms with Gasteiger partial charge in [-0.05, 0) is 50.9 Å². The molecule has 1 fully saturated rings. The number of aromatic nitrogens is 1. The van der Waals surface area contributed by atoms with Gasteiger partial charge in [-0.3, -0.25) is 4.90 Å². The van der Waals surface area contributed by atoms with E-state index in [1.54, 1.807) is 11.3 Å². The van der Waals surface area contributed by atoms with E-state index >= 15 is 0 Å². The van der Waals surface area contributed by atoms with Crippen molar-refractivity contribution in [3.8, 4) is 0 Å². The number of thiazole rings is 1. The second-order valence-electron chi connectivity index (χ2n) is 7.34. The third-order valence-electron chi connectivity index (χ3n) is 5.05. The van der Waals surface area contributed by atoms with Gasteiger partial charge in [-0.25, -0.2) is 9.98 Å². The van der Waals surface area contributed by atoms with E-state index in [1.165, 1.54) is 43.5 Å². The molecule has 7 heteroatoms. The molecule has 2 heterocycles. The Morgan fingerprint density at radius 2 is 1.90 bits per heavy atom. The molecule has 1 aliphatic heterocycles. The topological polar surface area (TPSA) is 52.6 Å². The third-order valence-corrected chi connectivity index (χ3v) is 5.88. The van der Waals surface area contributed by atoms with Crippen LogP contribution in [-0.2, 0) is 19.5 Å². The van der Waals surface area contributed by atoms with Gasteiger partial charge in [0, 0.05) is 31.4 Å². The number of benzene rings is 1. The molecule has 0 unspecified atom stereocenters. The molecule has 0 bridgehead atoms. The molecule has 3 rings (SSSR count). The van der Waals surface area contributed by atoms with E-state index in [4.69, 9.17) is 4.99 Å². The molecular weight excluding hydrogens is 493 g/mol. The summed E-state index contributed by atoms with van der Waals surface area (Å²) >= 11 is 1.71. The third kappa shape index (κ3) is 8.22. The SMILES string of the molecule is CCNC(=NCc1ccccc1CN1CCCCC1)NCCc1csc(C)n1.I. The summed E-state index contributed by atoms with van der Waals surface area (Å²) in [7, 11) is 0. The number of hydrogen-bond acceptors (Lipinski definition) is 4. The first-order valence-electron chi connectivity index (χ1n) is 10.5. The zero-order valence-corrected chi connectivity index (χ0v) is 20.8. The van der Waals surface area contributed by atoms with E-state index in [0.717, 1.165) is 42.7 Å². The van der Waals surface area contributed by atoms with Crippen LogP contribution in [0.1, 0.15) is 48.0 Å². The highest BCUT2D eigenvalue weighted by Crippen LogP contribution is 2.17. The number of aryl methyl sites for hydroxylation is 1. The van der Waals surface area contributed by atoms with E-state index in [2.05, 4.69) is 64.0 Å². The number of guanidine groups is 1. The largest absolute Gasteiger partial charge is 0.357 e. The number of rotatable bonds is 8. The van der Waals surface area contributed by atoms with Crippen molar-refractivity contribution in [1.29, 1.82) is 0 Å². The monoisotopic (exact) mass is 527 g/mol. The van der Waals surface area contributed by atoms with Crippen molar-refractivity contribution in [2.24, 2.45) is 4.99 Å². The lowest BCUT2D eigenvalue weighted by molar-refractivity contribution is 0.220. The second-order valence-corrected chi connectivity index (χ2v) is 8.40. The Kier molecular flexibility index (Phi) is 10.9. The molecular formula is C22H34IN5S. The molecule has 1 aromatic carbocycles. The molecule has 5 nitrogen and oxygen atoms in total. The fourth-order valence-corrected chi connectivity index (χ4v) is 4.21. The zero-order valence-electron chi connectivity index (χ0n) is 17.6. The van der Waals surface area contributed by atoms with E-state index < -0.39 is 0 Å². The fourth-order valence-electron chi connectivity index (χ4n) is 3.56. The van der Waals surface area contributed by atoms with Gasteiger partial charge in [-0.1, -0.05) is 30.7 Å². The molecule has 1 aromatic heterocycles. The summed E-state index contributed by atoms with van der Waals surface area (Å²) in [5, 5.41) is 10.1. The molecule has 2 aromatic rings. The van der Waals surface area contributed by atoms with Crippen LogP contribution in [-0.4, -0.2) is 42.0 Å². The van der Waals surface area contributed by atoms with E-state index in [1.807, 2.05) is 0 Å². The molecule has 2 N–H and O–H groups in total. The number of nitrogens with one attached hydrogen (secondary N) is 2. The quantitative estimate of drug-likeness (QED) is 0.305. The maximum Gasteiger partial charge on any atom is 0.191 e. The predicted octanol–water partition coefficient (Wildman–Crippen LogP) is 4.35. The van der Waals surface area contributed by atoms with Gasteiger partial charge >= 0.3 is 0 Å². The minimum absolute atomic E-state index is 0. The van der Waals surface area contributed by atoms with Gasteiger partial charge in [-0.2, -0.15) is 0 Å². The van der Waals surface area contributed by atoms with Gasteiger partial charge in [0.25, 0.3) is 0 Å². The molecule has 0 spiro atoms. The molecule has 29 heavy (non-hydrogen) atoms. The average Bonchev–Trinajstić information content (AvgIpc) is 3.13. The van der Waals surface area contributed by atoms with E-state index in [-0.39, 0.29) is 24.0 Å². The van der Waals surface area contributed by atoms with Gasteiger partial charge < -0.3 is 10.6 Å². The predicted molar refractivity (Wildman–Crippen MR) is 134 cm³/mol. The number of halogens is 1. The van der Waals surface area contributed by atoms with E-state index in [0.29, 0.717) is 6.54 Å². The summed E-state index contributed by atoms with van der Waals surface area (Å²) in [6.07, 6.45) is 4.95. The van der Waals surface area contributed by atoms with Crippen molar-refractivity contribution in [2.75, 3.05) is 26.2 Å². The van der Waals surface area contributed by atoms with Gasteiger partial charge in [0.15, 0.2) is 5.96 Å². The van der Waals surface area contributed by atoms with Gasteiger partial charge in [-0.15, -0.1) is 35.3 Å². The summed E-state index contributed by atoms with van der Waals surface area (Å²) in [5.41, 5.74) is 3.88. The van der Waals surface area contributed by atoms with Crippen LogP contribution in [0, 0.1) is 6.92 Å². The zero-order chi connectivity index (χ0) is 19.6. The normalized spacial score (nSPS) is 15.0. The lowest BCUT2D eigenvalue weighted by atomic mass is 10.1. The van der Waals surface area contributed by atoms with Crippen LogP contribution in [0.2, 0.25) is 0 Å². The van der Waals surface area contributed by atoms with Crippen LogP contribution in [0.25, 0.3) is 0 Å². The maximum absolute atomic E-state index is 4.83. The number of hydrogen-bond donors (Lipinski definition) is 2. The van der Waals surface area contributed by atoms with Crippen LogP contribution < -0.4 is 10.6 Å². The van der Waals surface area contributed by atoms with Crippen molar-refractivity contribution in [2.45, 2.75) is 52.6 Å². The number of likely N-dealkylation sites (tertiary alicyclic amines) is 1. The lowest BCUT2D eigenvalue weighted by Gasteiger charge is -2.27. The Morgan fingerprint density at radius 3 is 2.59 bits per heavy atom. The molecule has 1 saturated heterocycles. The lowest BCUT2D eigenvalue weighted by Crippen LogP contribution is -2.38. The molecule has 0 aliphatic carbocycles. The van der Waals surface area contributed by atoms with Crippen LogP contribution in [0.4, 0.5) is 0 Å². The molecule has 0 saturated carbocycles. The first-order valence-corrected chi connectivity index (χ1v) is 11.3. The van der Waals surface area contributed by atoms with Crippen LogP contribution in [0.15, 0.2) is 34.6 Å². The Hall–Kier alpha value is -1.19. The van der Waals surface area contributed by atoms with Gasteiger partial charge in [0.05, 0.1) is 17.2 Å². The summed E-state index contributed by atoms with van der Waals surface area (Å²) in [4.78, 5) is 11.9. The Bertz CT molecular complexity index is 755. The summed E-state index contributed by atoms with van der Waals surface area (Å²) in [6.45, 7) is 10.0. The fraction of sp³-hybridized carbons (Fsp3) is 0.545. The standard InChI is InChI=1S/C22H33N5S.HI/c1-3-23-22(24-12-11-21-17-28-18(2)26-21)25-15-19-9-5-6-10-20(19)16-27-13-7-4-8-14-27;/h5-6,9-10,17H,3-4,7-8,11-16H2,1-2H3,(H2,23,24,25);1H. The van der Waals surface area contributed by atoms with Crippen LogP contribution >= 0.6 is 35.3 Å². The van der Waals surface area contributed by atoms with Crippen LogP contribution in [0.3, 0.4) is 0 Å². The first kappa shape index (κ1) is 24.1. The molecule has 0 radical (unpaired) electrons. The van der Waals surface area contributed by atoms with Gasteiger partial charge in [0.1, 0.15) is 0 Å². The van der Waals surface area contributed by atoms with Crippen molar-refractivity contribution in [1.82, 2.24) is 20.5 Å².